The highest BCUT2D eigenvalue weighted by atomic mass is 79.9. The second-order valence-electron chi connectivity index (χ2n) is 6.12. The van der Waals surface area contributed by atoms with Gasteiger partial charge in [0.1, 0.15) is 0 Å². The SMILES string of the molecule is CN(Cc1ccccc1)S(=O)(=O)c1ccc(NC(=O)c2cncc(Br)c2)cc1. The van der Waals surface area contributed by atoms with E-state index in [1.807, 2.05) is 30.3 Å². The lowest BCUT2D eigenvalue weighted by Crippen LogP contribution is -2.26. The Morgan fingerprint density at radius 2 is 1.75 bits per heavy atom. The van der Waals surface area contributed by atoms with Crippen LogP contribution in [0.5, 0.6) is 0 Å². The molecule has 0 saturated heterocycles. The van der Waals surface area contributed by atoms with E-state index in [1.165, 1.54) is 29.7 Å². The highest BCUT2D eigenvalue weighted by Crippen LogP contribution is 2.20. The Morgan fingerprint density at radius 1 is 1.07 bits per heavy atom. The number of pyridine rings is 1. The Hall–Kier alpha value is -2.55. The van der Waals surface area contributed by atoms with E-state index in [2.05, 4.69) is 26.2 Å². The molecule has 1 aromatic heterocycles. The van der Waals surface area contributed by atoms with Gasteiger partial charge in [0, 0.05) is 36.1 Å². The van der Waals surface area contributed by atoms with Crippen molar-refractivity contribution in [1.29, 1.82) is 0 Å². The van der Waals surface area contributed by atoms with Crippen LogP contribution in [0.3, 0.4) is 0 Å². The predicted octanol–water partition coefficient (Wildman–Crippen LogP) is 3.92. The Balaban J connectivity index is 1.71. The summed E-state index contributed by atoms with van der Waals surface area (Å²) in [5.41, 5.74) is 1.79. The molecule has 0 bridgehead atoms. The van der Waals surface area contributed by atoms with Gasteiger partial charge < -0.3 is 5.32 Å². The van der Waals surface area contributed by atoms with E-state index in [9.17, 15) is 13.2 Å². The molecule has 8 heteroatoms. The van der Waals surface area contributed by atoms with E-state index in [0.717, 1.165) is 5.56 Å². The Kier molecular flexibility index (Phi) is 6.23. The second kappa shape index (κ2) is 8.64. The second-order valence-corrected chi connectivity index (χ2v) is 9.08. The molecule has 0 aliphatic rings. The van der Waals surface area contributed by atoms with E-state index in [0.29, 0.717) is 15.7 Å². The number of rotatable bonds is 6. The average molecular weight is 460 g/mol. The largest absolute Gasteiger partial charge is 0.322 e. The molecule has 0 aliphatic carbocycles. The van der Waals surface area contributed by atoms with Gasteiger partial charge in [-0.3, -0.25) is 9.78 Å². The van der Waals surface area contributed by atoms with Crippen LogP contribution in [0.25, 0.3) is 0 Å². The van der Waals surface area contributed by atoms with E-state index in [4.69, 9.17) is 0 Å². The summed E-state index contributed by atoms with van der Waals surface area (Å²) in [7, 11) is -2.10. The number of carbonyl (C=O) groups is 1. The number of benzene rings is 2. The standard InChI is InChI=1S/C20H18BrN3O3S/c1-24(14-15-5-3-2-4-6-15)28(26,27)19-9-7-18(8-10-19)23-20(25)16-11-17(21)13-22-12-16/h2-13H,14H2,1H3,(H,23,25). The van der Waals surface area contributed by atoms with Crippen molar-refractivity contribution in [3.63, 3.8) is 0 Å². The predicted molar refractivity (Wildman–Crippen MR) is 111 cm³/mol. The third-order valence-electron chi connectivity index (χ3n) is 4.04. The van der Waals surface area contributed by atoms with Crippen molar-refractivity contribution in [2.24, 2.45) is 0 Å². The fraction of sp³-hybridized carbons (Fsp3) is 0.100. The molecule has 0 atom stereocenters. The summed E-state index contributed by atoms with van der Waals surface area (Å²) >= 11 is 3.27. The minimum atomic E-state index is -3.64. The first kappa shape index (κ1) is 20.2. The van der Waals surface area contributed by atoms with Crippen molar-refractivity contribution in [1.82, 2.24) is 9.29 Å². The minimum absolute atomic E-state index is 0.160. The number of nitrogens with zero attached hydrogens (tertiary/aromatic N) is 2. The number of carbonyl (C=O) groups excluding carboxylic acids is 1. The van der Waals surface area contributed by atoms with Crippen LogP contribution in [0.4, 0.5) is 5.69 Å². The summed E-state index contributed by atoms with van der Waals surface area (Å²) < 4.78 is 27.5. The van der Waals surface area contributed by atoms with Crippen LogP contribution in [-0.4, -0.2) is 30.7 Å². The van der Waals surface area contributed by atoms with Crippen molar-refractivity contribution >= 4 is 37.5 Å². The molecule has 0 unspecified atom stereocenters. The first-order chi connectivity index (χ1) is 13.4. The van der Waals surface area contributed by atoms with Gasteiger partial charge in [-0.15, -0.1) is 0 Å². The van der Waals surface area contributed by atoms with Crippen LogP contribution >= 0.6 is 15.9 Å². The smallest absolute Gasteiger partial charge is 0.257 e. The maximum Gasteiger partial charge on any atom is 0.257 e. The fourth-order valence-corrected chi connectivity index (χ4v) is 4.08. The zero-order valence-corrected chi connectivity index (χ0v) is 17.4. The maximum atomic E-state index is 12.8. The number of hydrogen-bond acceptors (Lipinski definition) is 4. The summed E-state index contributed by atoms with van der Waals surface area (Å²) in [6.07, 6.45) is 3.04. The van der Waals surface area contributed by atoms with Gasteiger partial charge in [0.15, 0.2) is 0 Å². The van der Waals surface area contributed by atoms with Crippen LogP contribution < -0.4 is 5.32 Å². The van der Waals surface area contributed by atoms with Gasteiger partial charge in [0.05, 0.1) is 10.5 Å². The van der Waals surface area contributed by atoms with E-state index < -0.39 is 10.0 Å². The van der Waals surface area contributed by atoms with E-state index in [1.54, 1.807) is 24.4 Å². The molecular weight excluding hydrogens is 442 g/mol. The number of aromatic nitrogens is 1. The molecule has 3 aromatic rings. The van der Waals surface area contributed by atoms with E-state index in [-0.39, 0.29) is 17.3 Å². The maximum absolute atomic E-state index is 12.8. The molecule has 2 aromatic carbocycles. The van der Waals surface area contributed by atoms with Crippen molar-refractivity contribution in [2.75, 3.05) is 12.4 Å². The Bertz CT molecular complexity index is 1070. The number of nitrogens with one attached hydrogen (secondary N) is 1. The van der Waals surface area contributed by atoms with Gasteiger partial charge in [0.2, 0.25) is 10.0 Å². The van der Waals surface area contributed by atoms with Gasteiger partial charge in [0.25, 0.3) is 5.91 Å². The molecule has 3 rings (SSSR count). The Morgan fingerprint density at radius 3 is 2.39 bits per heavy atom. The average Bonchev–Trinajstić information content (AvgIpc) is 2.69. The molecule has 0 saturated carbocycles. The molecule has 28 heavy (non-hydrogen) atoms. The third-order valence-corrected chi connectivity index (χ3v) is 6.29. The quantitative estimate of drug-likeness (QED) is 0.605. The molecule has 1 N–H and O–H groups in total. The molecule has 6 nitrogen and oxygen atoms in total. The lowest BCUT2D eigenvalue weighted by molar-refractivity contribution is 0.102. The number of anilines is 1. The molecule has 0 radical (unpaired) electrons. The molecule has 0 spiro atoms. The third kappa shape index (κ3) is 4.83. The van der Waals surface area contributed by atoms with Crippen molar-refractivity contribution in [3.05, 3.63) is 88.7 Å². The topological polar surface area (TPSA) is 79.4 Å². The number of sulfonamides is 1. The van der Waals surface area contributed by atoms with Gasteiger partial charge in [-0.1, -0.05) is 30.3 Å². The zero-order chi connectivity index (χ0) is 20.1. The van der Waals surface area contributed by atoms with Crippen molar-refractivity contribution in [3.8, 4) is 0 Å². The molecule has 144 valence electrons. The summed E-state index contributed by atoms with van der Waals surface area (Å²) in [5, 5.41) is 2.72. The molecule has 0 fully saturated rings. The van der Waals surface area contributed by atoms with Crippen LogP contribution in [0.2, 0.25) is 0 Å². The zero-order valence-electron chi connectivity index (χ0n) is 15.0. The summed E-state index contributed by atoms with van der Waals surface area (Å²) in [5.74, 6) is -0.328. The summed E-state index contributed by atoms with van der Waals surface area (Å²) in [6.45, 7) is 0.275. The monoisotopic (exact) mass is 459 g/mol. The van der Waals surface area contributed by atoms with Gasteiger partial charge in [-0.25, -0.2) is 8.42 Å². The number of amides is 1. The first-order valence-electron chi connectivity index (χ1n) is 8.38. The highest BCUT2D eigenvalue weighted by molar-refractivity contribution is 9.10. The van der Waals surface area contributed by atoms with Crippen LogP contribution in [-0.2, 0) is 16.6 Å². The summed E-state index contributed by atoms with van der Waals surface area (Å²) in [4.78, 5) is 16.4. The van der Waals surface area contributed by atoms with E-state index >= 15 is 0 Å². The van der Waals surface area contributed by atoms with Gasteiger partial charge in [-0.05, 0) is 51.8 Å². The molecule has 1 amide bonds. The normalized spacial score (nSPS) is 11.4. The molecular formula is C20H18BrN3O3S. The lowest BCUT2D eigenvalue weighted by Gasteiger charge is -2.17. The highest BCUT2D eigenvalue weighted by Gasteiger charge is 2.21. The van der Waals surface area contributed by atoms with Gasteiger partial charge >= 0.3 is 0 Å². The van der Waals surface area contributed by atoms with Crippen molar-refractivity contribution < 1.29 is 13.2 Å². The van der Waals surface area contributed by atoms with Crippen LogP contribution in [0, 0.1) is 0 Å². The lowest BCUT2D eigenvalue weighted by atomic mass is 10.2. The van der Waals surface area contributed by atoms with Crippen LogP contribution in [0.1, 0.15) is 15.9 Å². The molecule has 0 aliphatic heterocycles. The molecule has 1 heterocycles. The first-order valence-corrected chi connectivity index (χ1v) is 10.6. The fourth-order valence-electron chi connectivity index (χ4n) is 2.55. The van der Waals surface area contributed by atoms with Crippen LogP contribution in [0.15, 0.2) is 82.4 Å². The number of halogens is 1. The Labute approximate surface area is 172 Å². The van der Waals surface area contributed by atoms with Gasteiger partial charge in [-0.2, -0.15) is 4.31 Å². The summed E-state index contributed by atoms with van der Waals surface area (Å²) in [6, 6.07) is 17.1. The minimum Gasteiger partial charge on any atom is -0.322 e. The number of hydrogen-bond donors (Lipinski definition) is 1. The van der Waals surface area contributed by atoms with Crippen molar-refractivity contribution in [2.45, 2.75) is 11.4 Å².